The Morgan fingerprint density at radius 2 is 1.95 bits per heavy atom. The molecule has 0 spiro atoms. The quantitative estimate of drug-likeness (QED) is 0.535. The third kappa shape index (κ3) is 3.81. The molecule has 0 bridgehead atoms. The van der Waals surface area contributed by atoms with Crippen molar-refractivity contribution in [2.75, 3.05) is 0 Å². The Morgan fingerprint density at radius 1 is 1.24 bits per heavy atom. The van der Waals surface area contributed by atoms with E-state index in [0.717, 1.165) is 6.07 Å². The smallest absolute Gasteiger partial charge is 0.301 e. The summed E-state index contributed by atoms with van der Waals surface area (Å²) in [5.41, 5.74) is -2.35. The molecule has 0 fully saturated rings. The molecule has 3 nitrogen and oxygen atoms in total. The predicted octanol–water partition coefficient (Wildman–Crippen LogP) is 3.36. The first-order valence-electron chi connectivity index (χ1n) is 5.51. The molecule has 1 aromatic heterocycles. The fourth-order valence-corrected chi connectivity index (χ4v) is 2.31. The highest BCUT2D eigenvalue weighted by Crippen LogP contribution is 2.28. The molecule has 1 heterocycles. The number of rotatable bonds is 3. The summed E-state index contributed by atoms with van der Waals surface area (Å²) in [5, 5.41) is -0.321. The molecule has 2 aromatic rings. The lowest BCUT2D eigenvalue weighted by atomic mass is 10.2. The van der Waals surface area contributed by atoms with E-state index in [0.29, 0.717) is 17.8 Å². The van der Waals surface area contributed by atoms with Crippen molar-refractivity contribution >= 4 is 11.8 Å². The number of hydrogen-bond acceptors (Lipinski definition) is 3. The normalized spacial score (nSPS) is 11.7. The Kier molecular flexibility index (Phi) is 4.31. The van der Waals surface area contributed by atoms with E-state index in [2.05, 4.69) is 9.97 Å². The number of H-pyrrole nitrogens is 1. The summed E-state index contributed by atoms with van der Waals surface area (Å²) < 4.78 is 63.9. The highest BCUT2D eigenvalue weighted by molar-refractivity contribution is 7.98. The van der Waals surface area contributed by atoms with E-state index in [-0.39, 0.29) is 16.5 Å². The molecule has 9 heteroatoms. The maximum absolute atomic E-state index is 13.4. The van der Waals surface area contributed by atoms with Crippen molar-refractivity contribution in [3.8, 4) is 0 Å². The minimum atomic E-state index is -4.76. The average molecular weight is 322 g/mol. The van der Waals surface area contributed by atoms with Crippen LogP contribution in [0.2, 0.25) is 0 Å². The van der Waals surface area contributed by atoms with Gasteiger partial charge >= 0.3 is 6.18 Å². The van der Waals surface area contributed by atoms with Crippen molar-refractivity contribution in [1.82, 2.24) is 9.97 Å². The summed E-state index contributed by atoms with van der Waals surface area (Å²) in [6.07, 6.45) is -4.76. The maximum atomic E-state index is 13.4. The number of nitrogens with zero attached hydrogens (tertiary/aromatic N) is 1. The number of thioether (sulfide) groups is 1. The molecule has 0 radical (unpaired) electrons. The second-order valence-electron chi connectivity index (χ2n) is 3.94. The predicted molar refractivity (Wildman–Crippen MR) is 65.8 cm³/mol. The molecular weight excluding hydrogens is 315 g/mol. The summed E-state index contributed by atoms with van der Waals surface area (Å²) in [5.74, 6) is -2.31. The van der Waals surface area contributed by atoms with E-state index < -0.39 is 29.1 Å². The number of halogens is 5. The number of benzene rings is 1. The van der Waals surface area contributed by atoms with Gasteiger partial charge in [-0.15, -0.1) is 0 Å². The molecule has 0 saturated carbocycles. The Labute approximate surface area is 119 Å². The maximum Gasteiger partial charge on any atom is 0.433 e. The SMILES string of the molecule is O=c1cc(C(F)(F)F)nc(SCc2cccc(F)c2F)[nH]1. The van der Waals surface area contributed by atoms with E-state index in [9.17, 15) is 26.7 Å². The van der Waals surface area contributed by atoms with Gasteiger partial charge in [0, 0.05) is 17.4 Å². The number of alkyl halides is 3. The zero-order valence-corrected chi connectivity index (χ0v) is 11.0. The summed E-state index contributed by atoms with van der Waals surface area (Å²) in [6, 6.07) is 3.81. The van der Waals surface area contributed by atoms with Gasteiger partial charge in [0.05, 0.1) is 0 Å². The van der Waals surface area contributed by atoms with Gasteiger partial charge in [-0.1, -0.05) is 23.9 Å². The molecule has 0 aliphatic rings. The summed E-state index contributed by atoms with van der Waals surface area (Å²) in [6.45, 7) is 0. The number of aromatic amines is 1. The Morgan fingerprint density at radius 3 is 2.62 bits per heavy atom. The topological polar surface area (TPSA) is 45.8 Å². The van der Waals surface area contributed by atoms with Crippen LogP contribution in [0.5, 0.6) is 0 Å². The van der Waals surface area contributed by atoms with Crippen molar-refractivity contribution in [1.29, 1.82) is 0 Å². The van der Waals surface area contributed by atoms with Crippen LogP contribution >= 0.6 is 11.8 Å². The minimum Gasteiger partial charge on any atom is -0.301 e. The van der Waals surface area contributed by atoms with Crippen molar-refractivity contribution in [2.45, 2.75) is 17.1 Å². The molecule has 21 heavy (non-hydrogen) atoms. The van der Waals surface area contributed by atoms with Crippen LogP contribution in [0.25, 0.3) is 0 Å². The van der Waals surface area contributed by atoms with E-state index in [1.807, 2.05) is 0 Å². The molecule has 0 atom stereocenters. The molecule has 0 saturated heterocycles. The first-order chi connectivity index (χ1) is 9.77. The van der Waals surface area contributed by atoms with Crippen LogP contribution in [0.4, 0.5) is 22.0 Å². The van der Waals surface area contributed by atoms with Gasteiger partial charge < -0.3 is 4.98 Å². The van der Waals surface area contributed by atoms with E-state index >= 15 is 0 Å². The summed E-state index contributed by atoms with van der Waals surface area (Å²) >= 11 is 0.667. The second kappa shape index (κ2) is 5.84. The van der Waals surface area contributed by atoms with E-state index in [1.54, 1.807) is 0 Å². The van der Waals surface area contributed by atoms with Crippen molar-refractivity contribution in [3.05, 3.63) is 57.5 Å². The number of hydrogen-bond donors (Lipinski definition) is 1. The Balaban J connectivity index is 2.23. The van der Waals surface area contributed by atoms with Gasteiger partial charge in [-0.25, -0.2) is 13.8 Å². The van der Waals surface area contributed by atoms with Gasteiger partial charge in [0.1, 0.15) is 0 Å². The molecule has 112 valence electrons. The van der Waals surface area contributed by atoms with Crippen LogP contribution in [-0.2, 0) is 11.9 Å². The van der Waals surface area contributed by atoms with Crippen molar-refractivity contribution < 1.29 is 22.0 Å². The molecular formula is C12H7F5N2OS. The van der Waals surface area contributed by atoms with Gasteiger partial charge in [-0.05, 0) is 6.07 Å². The molecule has 0 amide bonds. The third-order valence-corrected chi connectivity index (χ3v) is 3.33. The third-order valence-electron chi connectivity index (χ3n) is 2.41. The Bertz CT molecular complexity index is 714. The molecule has 2 rings (SSSR count). The van der Waals surface area contributed by atoms with Crippen LogP contribution in [0.1, 0.15) is 11.3 Å². The van der Waals surface area contributed by atoms with Gasteiger partial charge in [0.15, 0.2) is 22.5 Å². The number of aromatic nitrogens is 2. The largest absolute Gasteiger partial charge is 0.433 e. The lowest BCUT2D eigenvalue weighted by Gasteiger charge is -2.07. The second-order valence-corrected chi connectivity index (χ2v) is 4.90. The highest BCUT2D eigenvalue weighted by Gasteiger charge is 2.33. The molecule has 0 unspecified atom stereocenters. The zero-order valence-electron chi connectivity index (χ0n) is 10.2. The molecule has 1 aromatic carbocycles. The Hall–Kier alpha value is -1.90. The molecule has 1 N–H and O–H groups in total. The standard InChI is InChI=1S/C12H7F5N2OS/c13-7-3-1-2-6(10(7)14)5-21-11-18-8(12(15,16)17)4-9(20)19-11/h1-4H,5H2,(H,18,19,20). The van der Waals surface area contributed by atoms with Crippen molar-refractivity contribution in [2.24, 2.45) is 0 Å². The van der Waals surface area contributed by atoms with Crippen LogP contribution in [-0.4, -0.2) is 9.97 Å². The van der Waals surface area contributed by atoms with E-state index in [1.165, 1.54) is 12.1 Å². The van der Waals surface area contributed by atoms with Crippen molar-refractivity contribution in [3.63, 3.8) is 0 Å². The fraction of sp³-hybridized carbons (Fsp3) is 0.167. The lowest BCUT2D eigenvalue weighted by Crippen LogP contribution is -2.16. The van der Waals surface area contributed by atoms with Gasteiger partial charge in [-0.3, -0.25) is 4.79 Å². The summed E-state index contributed by atoms with van der Waals surface area (Å²) in [7, 11) is 0. The average Bonchev–Trinajstić information content (AvgIpc) is 2.39. The monoisotopic (exact) mass is 322 g/mol. The number of nitrogens with one attached hydrogen (secondary N) is 1. The zero-order chi connectivity index (χ0) is 15.6. The molecule has 0 aliphatic carbocycles. The highest BCUT2D eigenvalue weighted by atomic mass is 32.2. The van der Waals surface area contributed by atoms with E-state index in [4.69, 9.17) is 0 Å². The van der Waals surface area contributed by atoms with Crippen LogP contribution in [0.3, 0.4) is 0 Å². The lowest BCUT2D eigenvalue weighted by molar-refractivity contribution is -0.141. The summed E-state index contributed by atoms with van der Waals surface area (Å²) in [4.78, 5) is 16.5. The first kappa shape index (κ1) is 15.5. The fourth-order valence-electron chi connectivity index (χ4n) is 1.45. The minimum absolute atomic E-state index is 0.0416. The van der Waals surface area contributed by atoms with Gasteiger partial charge in [0.2, 0.25) is 0 Å². The molecule has 0 aliphatic heterocycles. The van der Waals surface area contributed by atoms with Crippen LogP contribution in [0.15, 0.2) is 34.2 Å². The van der Waals surface area contributed by atoms with Crippen LogP contribution in [0, 0.1) is 11.6 Å². The van der Waals surface area contributed by atoms with Gasteiger partial charge in [0.25, 0.3) is 5.56 Å². The van der Waals surface area contributed by atoms with Crippen LogP contribution < -0.4 is 5.56 Å². The first-order valence-corrected chi connectivity index (χ1v) is 6.50. The van der Waals surface area contributed by atoms with Gasteiger partial charge in [-0.2, -0.15) is 13.2 Å².